The van der Waals surface area contributed by atoms with Crippen LogP contribution in [0.5, 0.6) is 0 Å². The predicted molar refractivity (Wildman–Crippen MR) is 82.7 cm³/mol. The fourth-order valence-electron chi connectivity index (χ4n) is 3.05. The minimum Gasteiger partial charge on any atom is -0.463 e. The molecule has 138 valence electrons. The van der Waals surface area contributed by atoms with E-state index in [1.54, 1.807) is 5.48 Å². The first-order valence-corrected chi connectivity index (χ1v) is 8.07. The van der Waals surface area contributed by atoms with Gasteiger partial charge in [-0.15, -0.1) is 0 Å². The van der Waals surface area contributed by atoms with E-state index in [0.717, 1.165) is 31.9 Å². The van der Waals surface area contributed by atoms with Gasteiger partial charge < -0.3 is 19.7 Å². The Kier molecular flexibility index (Phi) is 4.92. The smallest absolute Gasteiger partial charge is 0.351 e. The van der Waals surface area contributed by atoms with Gasteiger partial charge in [0.25, 0.3) is 0 Å². The van der Waals surface area contributed by atoms with Crippen molar-refractivity contribution in [2.75, 3.05) is 12.1 Å². The monoisotopic (exact) mass is 356 g/mol. The van der Waals surface area contributed by atoms with Crippen molar-refractivity contribution in [2.24, 2.45) is 5.92 Å². The SMILES string of the molecule is [2H][C@@]1(n2ccc(NO)nc2=O)O[C@H](COC(=O)C2CCCC2)[C@@H](O)[C@H]1O. The Morgan fingerprint density at radius 3 is 2.80 bits per heavy atom. The summed E-state index contributed by atoms with van der Waals surface area (Å²) < 4.78 is 19.5. The van der Waals surface area contributed by atoms with Crippen molar-refractivity contribution in [1.29, 1.82) is 0 Å². The third-order valence-corrected chi connectivity index (χ3v) is 4.46. The third kappa shape index (κ3) is 3.66. The van der Waals surface area contributed by atoms with E-state index in [1.165, 1.54) is 6.07 Å². The fraction of sp³-hybridized carbons (Fsp3) is 0.667. The molecule has 0 aromatic carbocycles. The van der Waals surface area contributed by atoms with Gasteiger partial charge in [0.2, 0.25) is 0 Å². The Morgan fingerprint density at radius 2 is 2.16 bits per heavy atom. The predicted octanol–water partition coefficient (Wildman–Crippen LogP) is -0.603. The van der Waals surface area contributed by atoms with E-state index in [1.807, 2.05) is 0 Å². The van der Waals surface area contributed by atoms with Crippen molar-refractivity contribution in [2.45, 2.75) is 50.2 Å². The summed E-state index contributed by atoms with van der Waals surface area (Å²) in [5.41, 5.74) is 0.713. The second-order valence-corrected chi connectivity index (χ2v) is 6.12. The van der Waals surface area contributed by atoms with Crippen LogP contribution < -0.4 is 11.2 Å². The van der Waals surface area contributed by atoms with Crippen molar-refractivity contribution < 1.29 is 31.1 Å². The van der Waals surface area contributed by atoms with E-state index in [-0.39, 0.29) is 18.3 Å². The van der Waals surface area contributed by atoms with Gasteiger partial charge in [-0.2, -0.15) is 4.98 Å². The van der Waals surface area contributed by atoms with E-state index in [2.05, 4.69) is 4.98 Å². The first-order chi connectivity index (χ1) is 12.4. The first-order valence-electron chi connectivity index (χ1n) is 8.57. The van der Waals surface area contributed by atoms with Crippen molar-refractivity contribution >= 4 is 11.8 Å². The van der Waals surface area contributed by atoms with Gasteiger partial charge in [0, 0.05) is 6.20 Å². The number of aromatic nitrogens is 2. The van der Waals surface area contributed by atoms with Crippen molar-refractivity contribution in [3.05, 3.63) is 22.7 Å². The Morgan fingerprint density at radius 1 is 1.44 bits per heavy atom. The number of hydrogen-bond donors (Lipinski definition) is 4. The Hall–Kier alpha value is -2.01. The molecule has 1 aromatic rings. The number of carbonyl (C=O) groups is 1. The van der Waals surface area contributed by atoms with Gasteiger partial charge in [0.05, 0.1) is 7.29 Å². The van der Waals surface area contributed by atoms with Crippen molar-refractivity contribution in [3.8, 4) is 0 Å². The van der Waals surface area contributed by atoms with Crippen LogP contribution in [0.3, 0.4) is 0 Å². The van der Waals surface area contributed by atoms with Crippen LogP contribution in [0.15, 0.2) is 17.1 Å². The molecule has 1 aliphatic carbocycles. The van der Waals surface area contributed by atoms with Gasteiger partial charge in [-0.05, 0) is 18.9 Å². The zero-order valence-corrected chi connectivity index (χ0v) is 13.4. The summed E-state index contributed by atoms with van der Waals surface area (Å²) >= 11 is 0. The molecule has 0 spiro atoms. The first kappa shape index (κ1) is 16.5. The summed E-state index contributed by atoms with van der Waals surface area (Å²) in [6, 6.07) is 1.19. The van der Waals surface area contributed by atoms with Gasteiger partial charge in [0.1, 0.15) is 24.9 Å². The van der Waals surface area contributed by atoms with Crippen LogP contribution in [0.4, 0.5) is 5.82 Å². The maximum Gasteiger partial charge on any atom is 0.351 e. The van der Waals surface area contributed by atoms with E-state index in [0.29, 0.717) is 4.57 Å². The highest BCUT2D eigenvalue weighted by Gasteiger charge is 2.45. The molecule has 3 rings (SSSR count). The molecular formula is C15H21N3O7. The van der Waals surface area contributed by atoms with Gasteiger partial charge >= 0.3 is 11.7 Å². The molecule has 25 heavy (non-hydrogen) atoms. The average molecular weight is 356 g/mol. The van der Waals surface area contributed by atoms with E-state index >= 15 is 0 Å². The van der Waals surface area contributed by atoms with Gasteiger partial charge in [0.15, 0.2) is 12.0 Å². The normalized spacial score (nSPS) is 33.2. The Bertz CT molecular complexity index is 723. The molecular weight excluding hydrogens is 334 g/mol. The minimum absolute atomic E-state index is 0.148. The summed E-state index contributed by atoms with van der Waals surface area (Å²) in [6.45, 7) is -0.341. The molecule has 2 aliphatic rings. The molecule has 4 atom stereocenters. The molecule has 1 aliphatic heterocycles. The lowest BCUT2D eigenvalue weighted by Crippen LogP contribution is -2.36. The molecule has 0 unspecified atom stereocenters. The quantitative estimate of drug-likeness (QED) is 0.401. The lowest BCUT2D eigenvalue weighted by atomic mass is 10.1. The van der Waals surface area contributed by atoms with Crippen LogP contribution in [-0.2, 0) is 14.3 Å². The minimum atomic E-state index is -2.35. The van der Waals surface area contributed by atoms with Crippen LogP contribution >= 0.6 is 0 Å². The third-order valence-electron chi connectivity index (χ3n) is 4.46. The number of aliphatic hydroxyl groups excluding tert-OH is 2. The Balaban J connectivity index is 1.72. The number of carbonyl (C=O) groups excluding carboxylic acids is 1. The van der Waals surface area contributed by atoms with Crippen molar-refractivity contribution in [3.63, 3.8) is 0 Å². The van der Waals surface area contributed by atoms with Crippen molar-refractivity contribution in [1.82, 2.24) is 9.55 Å². The molecule has 4 N–H and O–H groups in total. The second-order valence-electron chi connectivity index (χ2n) is 6.12. The number of aliphatic hydroxyl groups is 2. The Labute approximate surface area is 144 Å². The largest absolute Gasteiger partial charge is 0.463 e. The zero-order valence-electron chi connectivity index (χ0n) is 14.4. The highest BCUT2D eigenvalue weighted by molar-refractivity contribution is 5.72. The highest BCUT2D eigenvalue weighted by Crippen LogP contribution is 2.30. The summed E-state index contributed by atoms with van der Waals surface area (Å²) in [6.07, 6.45) is -2.30. The lowest BCUT2D eigenvalue weighted by molar-refractivity contribution is -0.154. The van der Waals surface area contributed by atoms with Gasteiger partial charge in [-0.3, -0.25) is 20.0 Å². The standard InChI is InChI=1S/C15H21N3O7/c19-11-9(7-24-14(21)8-3-1-2-4-8)25-13(12(11)20)18-6-5-10(17-23)16-15(18)22/h5-6,8-9,11-13,19-20,23H,1-4,7H2,(H,16,17,22)/t9-,11-,12-,13-/m1/s1/i13D. The molecule has 10 nitrogen and oxygen atoms in total. The molecule has 2 fully saturated rings. The highest BCUT2D eigenvalue weighted by atomic mass is 16.6. The number of anilines is 1. The summed E-state index contributed by atoms with van der Waals surface area (Å²) in [5, 5.41) is 29.1. The van der Waals surface area contributed by atoms with Gasteiger partial charge in [-0.1, -0.05) is 12.8 Å². The fourth-order valence-corrected chi connectivity index (χ4v) is 3.05. The molecule has 1 saturated carbocycles. The van der Waals surface area contributed by atoms with Crippen LogP contribution in [0.1, 0.15) is 33.3 Å². The van der Waals surface area contributed by atoms with Crippen LogP contribution in [0.25, 0.3) is 0 Å². The molecule has 0 amide bonds. The number of rotatable bonds is 5. The lowest BCUT2D eigenvalue weighted by Gasteiger charge is -2.17. The zero-order chi connectivity index (χ0) is 18.9. The molecule has 1 saturated heterocycles. The number of nitrogens with zero attached hydrogens (tertiary/aromatic N) is 2. The maximum absolute atomic E-state index is 12.0. The topological polar surface area (TPSA) is 143 Å². The van der Waals surface area contributed by atoms with E-state index < -0.39 is 36.2 Å². The van der Waals surface area contributed by atoms with E-state index in [4.69, 9.17) is 16.1 Å². The van der Waals surface area contributed by atoms with Gasteiger partial charge in [-0.25, -0.2) is 4.79 Å². The number of esters is 1. The maximum atomic E-state index is 12.0. The summed E-state index contributed by atoms with van der Waals surface area (Å²) in [5.74, 6) is -0.720. The van der Waals surface area contributed by atoms with Crippen LogP contribution in [-0.4, -0.2) is 55.9 Å². The van der Waals surface area contributed by atoms with Crippen LogP contribution in [0.2, 0.25) is 0 Å². The summed E-state index contributed by atoms with van der Waals surface area (Å²) in [4.78, 5) is 27.5. The molecule has 10 heteroatoms. The van der Waals surface area contributed by atoms with E-state index in [9.17, 15) is 19.8 Å². The molecule has 0 bridgehead atoms. The molecule has 0 radical (unpaired) electrons. The average Bonchev–Trinajstić information content (AvgIpc) is 3.24. The number of hydrogen-bond acceptors (Lipinski definition) is 9. The molecule has 2 heterocycles. The molecule has 1 aromatic heterocycles. The second kappa shape index (κ2) is 7.48. The number of nitrogens with one attached hydrogen (secondary N) is 1. The van der Waals surface area contributed by atoms with Crippen LogP contribution in [0, 0.1) is 5.92 Å². The summed E-state index contributed by atoms with van der Waals surface area (Å²) in [7, 11) is 0. The number of ether oxygens (including phenoxy) is 2.